The molecule has 0 saturated heterocycles. The summed E-state index contributed by atoms with van der Waals surface area (Å²) in [6.07, 6.45) is 1.69. The predicted octanol–water partition coefficient (Wildman–Crippen LogP) is 3.00. The maximum absolute atomic E-state index is 13.7. The summed E-state index contributed by atoms with van der Waals surface area (Å²) in [4.78, 5) is 16.6. The second-order valence-electron chi connectivity index (χ2n) is 4.40. The van der Waals surface area contributed by atoms with Crippen molar-refractivity contribution in [1.82, 2.24) is 14.2 Å². The maximum Gasteiger partial charge on any atom is 0.282 e. The summed E-state index contributed by atoms with van der Waals surface area (Å²) in [6.45, 7) is 1.92. The van der Waals surface area contributed by atoms with E-state index in [1.54, 1.807) is 18.3 Å². The summed E-state index contributed by atoms with van der Waals surface area (Å²) in [5.41, 5.74) is 1.52. The van der Waals surface area contributed by atoms with Crippen LogP contribution >= 0.6 is 12.2 Å². The van der Waals surface area contributed by atoms with Crippen molar-refractivity contribution in [1.29, 1.82) is 0 Å². The highest BCUT2D eigenvalue weighted by Crippen LogP contribution is 2.12. The van der Waals surface area contributed by atoms with E-state index in [1.165, 1.54) is 27.4 Å². The first-order chi connectivity index (χ1) is 9.58. The van der Waals surface area contributed by atoms with Crippen molar-refractivity contribution in [2.24, 2.45) is 0 Å². The molecule has 0 unspecified atom stereocenters. The first kappa shape index (κ1) is 12.7. The lowest BCUT2D eigenvalue weighted by atomic mass is 10.2. The fraction of sp³-hybridized carbons (Fsp3) is 0.0714. The number of benzene rings is 1. The van der Waals surface area contributed by atoms with Gasteiger partial charge in [-0.1, -0.05) is 12.1 Å². The smallest absolute Gasteiger partial charge is 0.267 e. The van der Waals surface area contributed by atoms with Crippen molar-refractivity contribution in [3.8, 4) is 0 Å². The quantitative estimate of drug-likeness (QED) is 0.646. The monoisotopic (exact) mass is 287 g/mol. The number of hydrogen-bond donors (Lipinski definition) is 0. The summed E-state index contributed by atoms with van der Waals surface area (Å²) < 4.78 is 16.5. The van der Waals surface area contributed by atoms with Crippen LogP contribution in [0.3, 0.4) is 0 Å². The van der Waals surface area contributed by atoms with E-state index in [0.717, 1.165) is 5.56 Å². The Hall–Kier alpha value is -2.34. The average Bonchev–Trinajstić information content (AvgIpc) is 2.73. The van der Waals surface area contributed by atoms with Crippen LogP contribution < -0.4 is 0 Å². The van der Waals surface area contributed by atoms with Crippen molar-refractivity contribution in [3.05, 3.63) is 64.3 Å². The number of aryl methyl sites for hydroxylation is 1. The molecule has 1 aromatic carbocycles. The Kier molecular flexibility index (Phi) is 2.94. The Balaban J connectivity index is 2.25. The Morgan fingerprint density at radius 1 is 1.30 bits per heavy atom. The van der Waals surface area contributed by atoms with E-state index in [9.17, 15) is 9.18 Å². The SMILES string of the molecule is Cc1ccn2c(c1)nc(=S)n2C(=O)c1ccccc1F. The normalized spacial score (nSPS) is 10.9. The number of hydrogen-bond acceptors (Lipinski definition) is 3. The molecule has 0 saturated carbocycles. The van der Waals surface area contributed by atoms with Crippen LogP contribution in [0.5, 0.6) is 0 Å². The van der Waals surface area contributed by atoms with Gasteiger partial charge in [-0.2, -0.15) is 9.67 Å². The van der Waals surface area contributed by atoms with Gasteiger partial charge in [-0.3, -0.25) is 4.79 Å². The summed E-state index contributed by atoms with van der Waals surface area (Å²) in [5.74, 6) is -1.12. The summed E-state index contributed by atoms with van der Waals surface area (Å²) in [5, 5.41) is 0. The van der Waals surface area contributed by atoms with Crippen molar-refractivity contribution in [2.75, 3.05) is 0 Å². The lowest BCUT2D eigenvalue weighted by Crippen LogP contribution is -2.18. The molecule has 0 radical (unpaired) electrons. The minimum atomic E-state index is -0.582. The van der Waals surface area contributed by atoms with Crippen molar-refractivity contribution in [3.63, 3.8) is 0 Å². The lowest BCUT2D eigenvalue weighted by Gasteiger charge is -2.05. The molecule has 4 nitrogen and oxygen atoms in total. The second-order valence-corrected chi connectivity index (χ2v) is 4.76. The van der Waals surface area contributed by atoms with Crippen LogP contribution in [0.25, 0.3) is 5.65 Å². The Labute approximate surface area is 119 Å². The molecule has 0 spiro atoms. The molecule has 0 aliphatic rings. The van der Waals surface area contributed by atoms with Gasteiger partial charge in [0.2, 0.25) is 4.77 Å². The van der Waals surface area contributed by atoms with E-state index in [4.69, 9.17) is 12.2 Å². The Bertz CT molecular complexity index is 882. The van der Waals surface area contributed by atoms with Crippen LogP contribution in [0.2, 0.25) is 0 Å². The van der Waals surface area contributed by atoms with E-state index in [0.29, 0.717) is 5.65 Å². The van der Waals surface area contributed by atoms with E-state index < -0.39 is 11.7 Å². The van der Waals surface area contributed by atoms with E-state index >= 15 is 0 Å². The zero-order valence-corrected chi connectivity index (χ0v) is 11.4. The van der Waals surface area contributed by atoms with Gasteiger partial charge in [-0.25, -0.2) is 8.91 Å². The largest absolute Gasteiger partial charge is 0.282 e. The molecule has 0 N–H and O–H groups in total. The molecular formula is C14H10FN3OS. The van der Waals surface area contributed by atoms with Crippen molar-refractivity contribution >= 4 is 23.8 Å². The summed E-state index contributed by atoms with van der Waals surface area (Å²) >= 11 is 5.10. The number of carbonyl (C=O) groups excluding carboxylic acids is 1. The van der Waals surface area contributed by atoms with Gasteiger partial charge in [0.15, 0.2) is 5.65 Å². The molecular weight excluding hydrogens is 277 g/mol. The molecule has 20 heavy (non-hydrogen) atoms. The second kappa shape index (κ2) is 4.64. The number of rotatable bonds is 1. The standard InChI is InChI=1S/C14H10FN3OS/c1-9-6-7-17-12(8-9)16-14(20)18(17)13(19)10-4-2-3-5-11(10)15/h2-8H,1H3. The van der Waals surface area contributed by atoms with Crippen LogP contribution in [0, 0.1) is 17.5 Å². The van der Waals surface area contributed by atoms with Gasteiger partial charge in [0.25, 0.3) is 5.91 Å². The number of pyridine rings is 1. The minimum Gasteiger partial charge on any atom is -0.267 e. The van der Waals surface area contributed by atoms with Crippen LogP contribution in [0.1, 0.15) is 15.9 Å². The number of nitrogens with zero attached hydrogens (tertiary/aromatic N) is 3. The molecule has 2 heterocycles. The van der Waals surface area contributed by atoms with Gasteiger partial charge >= 0.3 is 0 Å². The maximum atomic E-state index is 13.7. The van der Waals surface area contributed by atoms with Crippen LogP contribution in [-0.4, -0.2) is 20.1 Å². The topological polar surface area (TPSA) is 39.3 Å². The fourth-order valence-corrected chi connectivity index (χ4v) is 2.27. The van der Waals surface area contributed by atoms with E-state index in [2.05, 4.69) is 4.98 Å². The molecule has 3 aromatic rings. The average molecular weight is 287 g/mol. The van der Waals surface area contributed by atoms with E-state index in [1.807, 2.05) is 13.0 Å². The molecule has 3 rings (SSSR count). The zero-order valence-electron chi connectivity index (χ0n) is 10.6. The summed E-state index contributed by atoms with van der Waals surface area (Å²) in [7, 11) is 0. The number of fused-ring (bicyclic) bond motifs is 1. The highest BCUT2D eigenvalue weighted by Gasteiger charge is 2.17. The number of aromatic nitrogens is 3. The predicted molar refractivity (Wildman–Crippen MR) is 74.9 cm³/mol. The third-order valence-corrected chi connectivity index (χ3v) is 3.24. The molecule has 0 fully saturated rings. The number of carbonyl (C=O) groups is 1. The van der Waals surface area contributed by atoms with Crippen molar-refractivity contribution < 1.29 is 9.18 Å². The first-order valence-corrected chi connectivity index (χ1v) is 6.36. The first-order valence-electron chi connectivity index (χ1n) is 5.95. The van der Waals surface area contributed by atoms with E-state index in [-0.39, 0.29) is 10.3 Å². The molecule has 100 valence electrons. The van der Waals surface area contributed by atoms with Gasteiger partial charge in [0.1, 0.15) is 5.82 Å². The Morgan fingerprint density at radius 3 is 2.80 bits per heavy atom. The summed E-state index contributed by atoms with van der Waals surface area (Å²) in [6, 6.07) is 9.43. The van der Waals surface area contributed by atoms with Crippen LogP contribution in [-0.2, 0) is 0 Å². The third kappa shape index (κ3) is 1.94. The highest BCUT2D eigenvalue weighted by atomic mass is 32.1. The number of halogens is 1. The van der Waals surface area contributed by atoms with Gasteiger partial charge in [-0.15, -0.1) is 0 Å². The Morgan fingerprint density at radius 2 is 2.05 bits per heavy atom. The molecule has 0 aliphatic carbocycles. The molecule has 2 aromatic heterocycles. The lowest BCUT2D eigenvalue weighted by molar-refractivity contribution is 0.0934. The molecule has 0 atom stereocenters. The van der Waals surface area contributed by atoms with Crippen molar-refractivity contribution in [2.45, 2.75) is 6.92 Å². The van der Waals surface area contributed by atoms with Gasteiger partial charge in [0, 0.05) is 6.20 Å². The molecule has 6 heteroatoms. The van der Waals surface area contributed by atoms with Gasteiger partial charge in [0.05, 0.1) is 5.56 Å². The van der Waals surface area contributed by atoms with Crippen LogP contribution in [0.4, 0.5) is 4.39 Å². The highest BCUT2D eigenvalue weighted by molar-refractivity contribution is 7.71. The molecule has 0 aliphatic heterocycles. The van der Waals surface area contributed by atoms with Gasteiger partial charge < -0.3 is 0 Å². The molecule has 0 bridgehead atoms. The fourth-order valence-electron chi connectivity index (χ4n) is 2.01. The minimum absolute atomic E-state index is 0.0361. The zero-order chi connectivity index (χ0) is 14.3. The third-order valence-electron chi connectivity index (χ3n) is 2.97. The van der Waals surface area contributed by atoms with Crippen LogP contribution in [0.15, 0.2) is 42.6 Å². The molecule has 0 amide bonds. The van der Waals surface area contributed by atoms with Gasteiger partial charge in [-0.05, 0) is 49.0 Å².